The zero-order chi connectivity index (χ0) is 31.9. The third-order valence-corrected chi connectivity index (χ3v) is 8.14. The number of benzene rings is 3. The molecule has 0 saturated carbocycles. The second kappa shape index (κ2) is 11.8. The number of nitrogens with one attached hydrogen (secondary N) is 2. The molecule has 0 radical (unpaired) electrons. The van der Waals surface area contributed by atoms with Crippen molar-refractivity contribution >= 4 is 55.8 Å². The molecular weight excluding hydrogens is 616 g/mol. The molecule has 0 atom stereocenters. The molecule has 6 rings (SSSR count). The Kier molecular flexibility index (Phi) is 7.85. The Bertz CT molecular complexity index is 2060. The van der Waals surface area contributed by atoms with Gasteiger partial charge in [-0.1, -0.05) is 55.8 Å². The van der Waals surface area contributed by atoms with Crippen LogP contribution in [0.3, 0.4) is 0 Å². The SMILES string of the molecule is CCOC(=O)c1cn2c(n1)sc1cc(Oc3ccc(NC(=O)Nn4cc(-c5cccc(Cl)c5O)c(C(C)(C)C)n4)cc3)ccc12. The van der Waals surface area contributed by atoms with E-state index in [2.05, 4.69) is 20.8 Å². The number of carbonyl (C=O) groups is 2. The summed E-state index contributed by atoms with van der Waals surface area (Å²) in [5.74, 6) is 0.716. The Morgan fingerprint density at radius 3 is 2.51 bits per heavy atom. The second-order valence-electron chi connectivity index (χ2n) is 11.1. The Morgan fingerprint density at radius 2 is 1.78 bits per heavy atom. The average molecular weight is 645 g/mol. The summed E-state index contributed by atoms with van der Waals surface area (Å²) in [5, 5.41) is 18.1. The summed E-state index contributed by atoms with van der Waals surface area (Å²) in [7, 11) is 0. The lowest BCUT2D eigenvalue weighted by molar-refractivity contribution is 0.0520. The minimum atomic E-state index is -0.507. The number of hydrogen-bond donors (Lipinski definition) is 3. The lowest BCUT2D eigenvalue weighted by Crippen LogP contribution is -2.28. The number of rotatable bonds is 7. The maximum absolute atomic E-state index is 12.8. The number of phenolic OH excluding ortho intramolecular Hbond substituents is 1. The largest absolute Gasteiger partial charge is 0.506 e. The van der Waals surface area contributed by atoms with E-state index in [-0.39, 0.29) is 21.9 Å². The van der Waals surface area contributed by atoms with E-state index in [0.717, 1.165) is 10.2 Å². The number of anilines is 1. The van der Waals surface area contributed by atoms with Crippen LogP contribution in [0.25, 0.3) is 26.3 Å². The van der Waals surface area contributed by atoms with Crippen molar-refractivity contribution in [1.29, 1.82) is 0 Å². The first-order valence-corrected chi connectivity index (χ1v) is 15.2. The van der Waals surface area contributed by atoms with Gasteiger partial charge in [0.25, 0.3) is 0 Å². The van der Waals surface area contributed by atoms with Gasteiger partial charge in [0, 0.05) is 34.5 Å². The number of fused-ring (bicyclic) bond motifs is 3. The Balaban J connectivity index is 1.12. The van der Waals surface area contributed by atoms with E-state index in [4.69, 9.17) is 21.1 Å². The first-order chi connectivity index (χ1) is 21.5. The fourth-order valence-electron chi connectivity index (χ4n) is 4.77. The molecule has 11 nitrogen and oxygen atoms in total. The molecule has 3 heterocycles. The molecule has 0 unspecified atom stereocenters. The molecule has 3 N–H and O–H groups in total. The van der Waals surface area contributed by atoms with Crippen molar-refractivity contribution in [3.63, 3.8) is 0 Å². The number of hydrogen-bond acceptors (Lipinski definition) is 8. The van der Waals surface area contributed by atoms with Crippen LogP contribution in [0.1, 0.15) is 43.9 Å². The van der Waals surface area contributed by atoms with Gasteiger partial charge in [-0.15, -0.1) is 0 Å². The number of halogens is 1. The highest BCUT2D eigenvalue weighted by Gasteiger charge is 2.26. The van der Waals surface area contributed by atoms with Crippen molar-refractivity contribution < 1.29 is 24.2 Å². The number of urea groups is 1. The Labute approximate surface area is 267 Å². The molecule has 0 aliphatic heterocycles. The van der Waals surface area contributed by atoms with Gasteiger partial charge in [0.1, 0.15) is 17.2 Å². The maximum Gasteiger partial charge on any atom is 0.358 e. The van der Waals surface area contributed by atoms with Gasteiger partial charge in [0.15, 0.2) is 10.7 Å². The summed E-state index contributed by atoms with van der Waals surface area (Å²) < 4.78 is 13.9. The van der Waals surface area contributed by atoms with E-state index in [1.54, 1.807) is 61.8 Å². The van der Waals surface area contributed by atoms with Crippen LogP contribution in [0.4, 0.5) is 10.5 Å². The van der Waals surface area contributed by atoms with Gasteiger partial charge in [-0.3, -0.25) is 4.40 Å². The van der Waals surface area contributed by atoms with Gasteiger partial charge in [-0.2, -0.15) is 9.89 Å². The smallest absolute Gasteiger partial charge is 0.358 e. The predicted octanol–water partition coefficient (Wildman–Crippen LogP) is 7.81. The Hall–Kier alpha value is -5.07. The minimum absolute atomic E-state index is 0.0499. The predicted molar refractivity (Wildman–Crippen MR) is 174 cm³/mol. The number of thiazole rings is 1. The van der Waals surface area contributed by atoms with Crippen LogP contribution in [0.5, 0.6) is 17.2 Å². The van der Waals surface area contributed by atoms with Crippen molar-refractivity contribution in [2.75, 3.05) is 17.3 Å². The number of aromatic hydroxyl groups is 1. The second-order valence-corrected chi connectivity index (χ2v) is 12.6. The standard InChI is InChI=1S/C32H29ClN6O5S/c1-5-43-29(41)24-17-38-25-14-13-20(15-26(25)45-31(38)35-24)44-19-11-9-18(10-12-19)34-30(42)37-39-16-22(28(36-39)32(2,3)4)21-7-6-8-23(33)27(21)40/h6-17,40H,5H2,1-4H3,(H2,34,37,42). The molecule has 2 amide bonds. The highest BCUT2D eigenvalue weighted by molar-refractivity contribution is 7.23. The van der Waals surface area contributed by atoms with Crippen LogP contribution in [-0.2, 0) is 10.2 Å². The monoisotopic (exact) mass is 644 g/mol. The van der Waals surface area contributed by atoms with Crippen LogP contribution in [0, 0.1) is 0 Å². The third-order valence-electron chi connectivity index (χ3n) is 6.82. The Morgan fingerprint density at radius 1 is 1.02 bits per heavy atom. The van der Waals surface area contributed by atoms with Crippen molar-refractivity contribution in [3.05, 3.63) is 89.5 Å². The molecule has 3 aromatic carbocycles. The van der Waals surface area contributed by atoms with Crippen molar-refractivity contribution in [2.45, 2.75) is 33.1 Å². The van der Waals surface area contributed by atoms with Gasteiger partial charge >= 0.3 is 12.0 Å². The van der Waals surface area contributed by atoms with Crippen molar-refractivity contribution in [2.24, 2.45) is 0 Å². The highest BCUT2D eigenvalue weighted by Crippen LogP contribution is 2.39. The first kappa shape index (κ1) is 30.0. The molecule has 0 fully saturated rings. The van der Waals surface area contributed by atoms with Crippen molar-refractivity contribution in [1.82, 2.24) is 19.3 Å². The first-order valence-electron chi connectivity index (χ1n) is 14.0. The zero-order valence-corrected chi connectivity index (χ0v) is 26.4. The molecule has 6 aromatic rings. The van der Waals surface area contributed by atoms with E-state index in [1.807, 2.05) is 43.4 Å². The van der Waals surface area contributed by atoms with Crippen LogP contribution in [0.15, 0.2) is 73.1 Å². The number of nitrogens with zero attached hydrogens (tertiary/aromatic N) is 4. The summed E-state index contributed by atoms with van der Waals surface area (Å²) in [6, 6.07) is 17.2. The van der Waals surface area contributed by atoms with E-state index in [9.17, 15) is 14.7 Å². The number of carbonyl (C=O) groups excluding carboxylic acids is 2. The summed E-state index contributed by atoms with van der Waals surface area (Å²) in [6.45, 7) is 8.03. The zero-order valence-electron chi connectivity index (χ0n) is 24.8. The van der Waals surface area contributed by atoms with Gasteiger partial charge in [0.2, 0.25) is 0 Å². The minimum Gasteiger partial charge on any atom is -0.506 e. The number of esters is 1. The molecule has 0 bridgehead atoms. The van der Waals surface area contributed by atoms with Crippen LogP contribution in [0.2, 0.25) is 5.02 Å². The summed E-state index contributed by atoms with van der Waals surface area (Å²) >= 11 is 7.58. The summed E-state index contributed by atoms with van der Waals surface area (Å²) in [6.07, 6.45) is 3.32. The van der Waals surface area contributed by atoms with Crippen LogP contribution in [-0.4, -0.2) is 43.0 Å². The van der Waals surface area contributed by atoms with Crippen LogP contribution < -0.4 is 15.5 Å². The van der Waals surface area contributed by atoms with E-state index in [1.165, 1.54) is 16.1 Å². The fourth-order valence-corrected chi connectivity index (χ4v) is 5.98. The molecule has 0 aliphatic carbocycles. The molecule has 0 saturated heterocycles. The number of imidazole rings is 1. The number of amides is 2. The van der Waals surface area contributed by atoms with E-state index in [0.29, 0.717) is 45.6 Å². The lowest BCUT2D eigenvalue weighted by Gasteiger charge is -2.18. The summed E-state index contributed by atoms with van der Waals surface area (Å²) in [4.78, 5) is 31.3. The van der Waals surface area contributed by atoms with E-state index < -0.39 is 12.0 Å². The normalized spacial score (nSPS) is 11.6. The topological polar surface area (TPSA) is 132 Å². The fraction of sp³-hybridized carbons (Fsp3) is 0.188. The number of phenols is 1. The van der Waals surface area contributed by atoms with Gasteiger partial charge in [-0.25, -0.2) is 20.0 Å². The lowest BCUT2D eigenvalue weighted by atomic mass is 9.87. The molecular formula is C32H29ClN6O5S. The molecule has 0 spiro atoms. The van der Waals surface area contributed by atoms with Crippen molar-refractivity contribution in [3.8, 4) is 28.4 Å². The summed E-state index contributed by atoms with van der Waals surface area (Å²) in [5.41, 5.74) is 5.89. The van der Waals surface area contributed by atoms with Gasteiger partial charge in [0.05, 0.1) is 33.7 Å². The molecule has 3 aromatic heterocycles. The van der Waals surface area contributed by atoms with Gasteiger partial charge in [-0.05, 0) is 49.4 Å². The molecule has 230 valence electrons. The van der Waals surface area contributed by atoms with E-state index >= 15 is 0 Å². The number of para-hydroxylation sites is 1. The quantitative estimate of drug-likeness (QED) is 0.151. The van der Waals surface area contributed by atoms with Gasteiger partial charge < -0.3 is 19.9 Å². The highest BCUT2D eigenvalue weighted by atomic mass is 35.5. The average Bonchev–Trinajstić information content (AvgIpc) is 3.68. The third kappa shape index (κ3) is 6.15. The molecule has 0 aliphatic rings. The number of aromatic nitrogens is 4. The van der Waals surface area contributed by atoms with Crippen LogP contribution >= 0.6 is 22.9 Å². The number of ether oxygens (including phenoxy) is 2. The molecule has 13 heteroatoms. The maximum atomic E-state index is 12.8. The molecule has 45 heavy (non-hydrogen) atoms.